The first kappa shape index (κ1) is 54.2. The normalized spacial score (nSPS) is 43.6. The van der Waals surface area contributed by atoms with Gasteiger partial charge in [0.1, 0.15) is 29.0 Å². The molecule has 0 radical (unpaired) electrons. The Hall–Kier alpha value is -2.75. The predicted molar refractivity (Wildman–Crippen MR) is 247 cm³/mol. The number of aliphatic hydroxyl groups is 4. The lowest BCUT2D eigenvalue weighted by molar-refractivity contribution is -0.335. The molecule has 1 aromatic heterocycles. The standard InChI is InChI=1S/C48H83N5O13/c1-15-20-49-26-48(58)32(9)62-37(23-46(48,11)59-14)64-38-29(6)41(45(10,56)22-27(4)24-50-31(8)40(54)47(12,57)35(16-2)63-42(55)30(38)7)66-43-39-34(21-28(5)61-43)53(13)44(65-39)52-33-18-19-36(51-25-33)60-17-3/h18-19,25,27-32,34-35,37-41,43,49-50,54,56-58H,15-17,20-24,26H2,1-14H3/t27-,28-,29+,30-,31-,32+,34+,35-,37+,38+,39-,40-,41-,43+,45-,46-,47-,48+/m1/s1. The van der Waals surface area contributed by atoms with Gasteiger partial charge in [-0.2, -0.15) is 4.99 Å². The Balaban J connectivity index is 1.56. The summed E-state index contributed by atoms with van der Waals surface area (Å²) in [6, 6.07) is 3.09. The van der Waals surface area contributed by atoms with Crippen LogP contribution in [0.5, 0.6) is 5.88 Å². The van der Waals surface area contributed by atoms with Crippen LogP contribution in [-0.2, 0) is 38.0 Å². The summed E-state index contributed by atoms with van der Waals surface area (Å²) in [5.74, 6) is -2.21. The van der Waals surface area contributed by atoms with Gasteiger partial charge in [0.15, 0.2) is 18.7 Å². The Labute approximate surface area is 392 Å². The number of nitrogens with zero attached hydrogens (tertiary/aromatic N) is 3. The number of amidine groups is 1. The number of esters is 1. The van der Waals surface area contributed by atoms with E-state index in [0.717, 1.165) is 6.42 Å². The van der Waals surface area contributed by atoms with E-state index in [1.807, 2.05) is 53.5 Å². The van der Waals surface area contributed by atoms with Crippen LogP contribution in [0.15, 0.2) is 23.3 Å². The number of rotatable bonds is 13. The lowest BCUT2D eigenvalue weighted by Gasteiger charge is -2.53. The van der Waals surface area contributed by atoms with Crippen LogP contribution in [0.4, 0.5) is 5.69 Å². The molecule has 0 unspecified atom stereocenters. The van der Waals surface area contributed by atoms with E-state index in [1.165, 1.54) is 6.92 Å². The van der Waals surface area contributed by atoms with Gasteiger partial charge in [-0.05, 0) is 106 Å². The maximum atomic E-state index is 14.6. The van der Waals surface area contributed by atoms with Gasteiger partial charge in [-0.1, -0.05) is 27.7 Å². The van der Waals surface area contributed by atoms with E-state index in [1.54, 1.807) is 60.1 Å². The summed E-state index contributed by atoms with van der Waals surface area (Å²) in [6.07, 6.45) is -4.66. The second-order valence-corrected chi connectivity index (χ2v) is 20.1. The Morgan fingerprint density at radius 2 is 1.71 bits per heavy atom. The number of aromatic nitrogens is 1. The smallest absolute Gasteiger partial charge is 0.311 e. The number of carbonyl (C=O) groups excluding carboxylic acids is 1. The van der Waals surface area contributed by atoms with E-state index in [2.05, 4.69) is 15.6 Å². The molecule has 5 rings (SSSR count). The lowest BCUT2D eigenvalue weighted by atomic mass is 9.75. The van der Waals surface area contributed by atoms with E-state index < -0.39 is 95.5 Å². The van der Waals surface area contributed by atoms with Crippen molar-refractivity contribution in [2.45, 2.75) is 205 Å². The monoisotopic (exact) mass is 938 g/mol. The van der Waals surface area contributed by atoms with Crippen LogP contribution in [0.3, 0.4) is 0 Å². The number of pyridine rings is 1. The van der Waals surface area contributed by atoms with Crippen molar-refractivity contribution in [3.63, 3.8) is 0 Å². The van der Waals surface area contributed by atoms with Crippen LogP contribution in [0.25, 0.3) is 0 Å². The molecule has 1 aromatic rings. The van der Waals surface area contributed by atoms with E-state index in [-0.39, 0.29) is 43.9 Å². The third kappa shape index (κ3) is 11.8. The number of carbonyl (C=O) groups is 1. The van der Waals surface area contributed by atoms with Crippen LogP contribution in [-0.4, -0.2) is 172 Å². The Morgan fingerprint density at radius 3 is 2.33 bits per heavy atom. The van der Waals surface area contributed by atoms with Crippen molar-refractivity contribution in [3.05, 3.63) is 18.3 Å². The molecule has 0 amide bonds. The second kappa shape index (κ2) is 22.3. The number of likely N-dealkylation sites (N-methyl/N-ethyl adjacent to an activating group) is 1. The molecule has 5 heterocycles. The minimum atomic E-state index is -1.83. The SMILES string of the molecule is CCCNC[C@]1(O)[C@H](C)O[C@@H](O[C@H]2[C@H](C)[C@@H](O[C@@H]3O[C@H](C)C[C@H]4[C@H]3OC(=Nc3ccc(OCC)nc3)N4C)[C@](C)(O)C[C@@H](C)CN[C@H](C)[C@@H](O)[C@](C)(O)[C@@H](CC)OC(=O)[C@@H]2C)C[C@@]1(C)OC. The maximum absolute atomic E-state index is 14.6. The molecule has 0 spiro atoms. The molecule has 0 aromatic carbocycles. The molecule has 18 heteroatoms. The van der Waals surface area contributed by atoms with Crippen molar-refractivity contribution >= 4 is 17.7 Å². The number of methoxy groups -OCH3 is 1. The number of hydrogen-bond acceptors (Lipinski definition) is 17. The van der Waals surface area contributed by atoms with Gasteiger partial charge in [-0.15, -0.1) is 0 Å². The fourth-order valence-electron chi connectivity index (χ4n) is 10.4. The average molecular weight is 938 g/mol. The molecule has 4 fully saturated rings. The highest BCUT2D eigenvalue weighted by atomic mass is 16.7. The van der Waals surface area contributed by atoms with Gasteiger partial charge in [0.05, 0.1) is 60.5 Å². The van der Waals surface area contributed by atoms with Crippen molar-refractivity contribution in [2.24, 2.45) is 22.7 Å². The number of fused-ring (bicyclic) bond motifs is 1. The fourth-order valence-corrected chi connectivity index (χ4v) is 10.4. The molecule has 18 atom stereocenters. The summed E-state index contributed by atoms with van der Waals surface area (Å²) in [4.78, 5) is 25.7. The maximum Gasteiger partial charge on any atom is 0.311 e. The molecule has 4 aliphatic rings. The highest BCUT2D eigenvalue weighted by Crippen LogP contribution is 2.44. The van der Waals surface area contributed by atoms with E-state index in [4.69, 9.17) is 42.9 Å². The van der Waals surface area contributed by atoms with Gasteiger partial charge in [-0.3, -0.25) is 4.79 Å². The Kier molecular flexibility index (Phi) is 18.3. The number of nitrogens with one attached hydrogen (secondary N) is 2. The van der Waals surface area contributed by atoms with Crippen molar-refractivity contribution in [2.75, 3.05) is 40.4 Å². The molecule has 4 saturated heterocycles. The molecule has 0 bridgehead atoms. The summed E-state index contributed by atoms with van der Waals surface area (Å²) < 4.78 is 51.4. The summed E-state index contributed by atoms with van der Waals surface area (Å²) in [5, 5.41) is 55.0. The van der Waals surface area contributed by atoms with Crippen LogP contribution in [0.2, 0.25) is 0 Å². The van der Waals surface area contributed by atoms with Crippen molar-refractivity contribution < 1.29 is 63.1 Å². The van der Waals surface area contributed by atoms with Gasteiger partial charge in [-0.25, -0.2) is 4.98 Å². The molecule has 4 aliphatic heterocycles. The summed E-state index contributed by atoms with van der Waals surface area (Å²) in [5.41, 5.74) is -5.45. The van der Waals surface area contributed by atoms with Crippen molar-refractivity contribution in [3.8, 4) is 5.88 Å². The first-order chi connectivity index (χ1) is 31.0. The molecular weight excluding hydrogens is 855 g/mol. The van der Waals surface area contributed by atoms with Crippen molar-refractivity contribution in [1.29, 1.82) is 0 Å². The van der Waals surface area contributed by atoms with E-state index >= 15 is 0 Å². The highest BCUT2D eigenvalue weighted by molar-refractivity contribution is 5.79. The third-order valence-electron chi connectivity index (χ3n) is 14.6. The average Bonchev–Trinajstić information content (AvgIpc) is 3.57. The van der Waals surface area contributed by atoms with Crippen LogP contribution >= 0.6 is 0 Å². The molecule has 18 nitrogen and oxygen atoms in total. The molecule has 0 saturated carbocycles. The van der Waals surface area contributed by atoms with E-state index in [0.29, 0.717) is 43.7 Å². The molecule has 378 valence electrons. The Morgan fingerprint density at radius 1 is 1.00 bits per heavy atom. The second-order valence-electron chi connectivity index (χ2n) is 20.1. The summed E-state index contributed by atoms with van der Waals surface area (Å²) in [7, 11) is 3.45. The minimum absolute atomic E-state index is 0.0866. The van der Waals surface area contributed by atoms with Gasteiger partial charge in [0.2, 0.25) is 5.88 Å². The molecular formula is C48H83N5O13. The zero-order valence-electron chi connectivity index (χ0n) is 42.0. The van der Waals surface area contributed by atoms with Crippen LogP contribution in [0.1, 0.15) is 115 Å². The largest absolute Gasteiger partial charge is 0.478 e. The third-order valence-corrected chi connectivity index (χ3v) is 14.6. The van der Waals surface area contributed by atoms with Crippen LogP contribution in [0, 0.1) is 17.8 Å². The minimum Gasteiger partial charge on any atom is -0.478 e. The zero-order chi connectivity index (χ0) is 48.9. The molecule has 6 N–H and O–H groups in total. The molecule has 66 heavy (non-hydrogen) atoms. The number of hydrogen-bond donors (Lipinski definition) is 6. The Bertz CT molecular complexity index is 1740. The van der Waals surface area contributed by atoms with E-state index in [9.17, 15) is 25.2 Å². The molecule has 0 aliphatic carbocycles. The van der Waals surface area contributed by atoms with Crippen LogP contribution < -0.4 is 15.4 Å². The predicted octanol–water partition coefficient (Wildman–Crippen LogP) is 3.82. The topological polar surface area (TPSA) is 224 Å². The van der Waals surface area contributed by atoms with Gasteiger partial charge < -0.3 is 73.9 Å². The summed E-state index contributed by atoms with van der Waals surface area (Å²) in [6.45, 7) is 23.5. The van der Waals surface area contributed by atoms with Gasteiger partial charge >= 0.3 is 5.97 Å². The zero-order valence-corrected chi connectivity index (χ0v) is 42.0. The lowest BCUT2D eigenvalue weighted by Crippen LogP contribution is -2.70. The number of aliphatic hydroxyl groups excluding tert-OH is 1. The van der Waals surface area contributed by atoms with Gasteiger partial charge in [0.25, 0.3) is 6.02 Å². The quantitative estimate of drug-likeness (QED) is 0.122. The first-order valence-corrected chi connectivity index (χ1v) is 24.2. The number of ether oxygens (including phenoxy) is 8. The highest BCUT2D eigenvalue weighted by Gasteiger charge is 2.59. The van der Waals surface area contributed by atoms with Crippen molar-refractivity contribution in [1.82, 2.24) is 20.5 Å². The van der Waals surface area contributed by atoms with Gasteiger partial charge in [0, 0.05) is 45.1 Å². The summed E-state index contributed by atoms with van der Waals surface area (Å²) >= 11 is 0. The first-order valence-electron chi connectivity index (χ1n) is 24.2. The fraction of sp³-hybridized carbons (Fsp3) is 0.854. The number of aliphatic imine (C=N–C) groups is 1. The number of cyclic esters (lactones) is 1.